The number of carbonyl (C=O) groups is 2. The van der Waals surface area contributed by atoms with Gasteiger partial charge in [0.05, 0.1) is 11.3 Å². The summed E-state index contributed by atoms with van der Waals surface area (Å²) in [7, 11) is 0. The van der Waals surface area contributed by atoms with Crippen LogP contribution in [-0.2, 0) is 9.53 Å². The van der Waals surface area contributed by atoms with Crippen LogP contribution in [0.25, 0.3) is 0 Å². The van der Waals surface area contributed by atoms with Crippen molar-refractivity contribution in [2.75, 3.05) is 11.9 Å². The molecule has 1 heterocycles. The van der Waals surface area contributed by atoms with Crippen LogP contribution in [0.4, 0.5) is 5.69 Å². The number of hydrogen-bond donors (Lipinski definition) is 1. The van der Waals surface area contributed by atoms with Crippen molar-refractivity contribution in [3.05, 3.63) is 84.7 Å². The molecule has 130 valence electrons. The maximum atomic E-state index is 12.1. The number of benzene rings is 2. The molecule has 0 fully saturated rings. The van der Waals surface area contributed by atoms with Crippen molar-refractivity contribution in [2.45, 2.75) is 0 Å². The van der Waals surface area contributed by atoms with Crippen LogP contribution in [0.2, 0.25) is 0 Å². The Kier molecular flexibility index (Phi) is 5.57. The lowest BCUT2D eigenvalue weighted by atomic mass is 10.3. The zero-order valence-corrected chi connectivity index (χ0v) is 13.8. The van der Waals surface area contributed by atoms with E-state index in [2.05, 4.69) is 10.3 Å². The van der Waals surface area contributed by atoms with Gasteiger partial charge in [-0.3, -0.25) is 9.78 Å². The molecule has 0 saturated carbocycles. The molecule has 6 nitrogen and oxygen atoms in total. The number of nitrogens with zero attached hydrogens (tertiary/aromatic N) is 1. The second-order valence-corrected chi connectivity index (χ2v) is 5.28. The maximum Gasteiger partial charge on any atom is 0.340 e. The average molecular weight is 348 g/mol. The summed E-state index contributed by atoms with van der Waals surface area (Å²) in [6.45, 7) is -0.409. The van der Waals surface area contributed by atoms with Crippen molar-refractivity contribution >= 4 is 17.6 Å². The van der Waals surface area contributed by atoms with E-state index in [0.29, 0.717) is 17.2 Å². The summed E-state index contributed by atoms with van der Waals surface area (Å²) in [6.07, 6.45) is 2.93. The summed E-state index contributed by atoms with van der Waals surface area (Å²) in [5, 5.41) is 2.68. The highest BCUT2D eigenvalue weighted by Gasteiger charge is 2.12. The van der Waals surface area contributed by atoms with E-state index in [1.807, 2.05) is 30.3 Å². The van der Waals surface area contributed by atoms with Gasteiger partial charge in [0.25, 0.3) is 5.91 Å². The summed E-state index contributed by atoms with van der Waals surface area (Å²) in [5.41, 5.74) is 0.770. The predicted octanol–water partition coefficient (Wildman–Crippen LogP) is 3.67. The summed E-state index contributed by atoms with van der Waals surface area (Å²) in [5.74, 6) is 0.0660. The summed E-state index contributed by atoms with van der Waals surface area (Å²) in [6, 6.07) is 19.4. The van der Waals surface area contributed by atoms with Crippen LogP contribution in [0, 0.1) is 0 Å². The molecule has 26 heavy (non-hydrogen) atoms. The van der Waals surface area contributed by atoms with Gasteiger partial charge < -0.3 is 14.8 Å². The molecule has 3 rings (SSSR count). The normalized spacial score (nSPS) is 10.0. The van der Waals surface area contributed by atoms with Gasteiger partial charge in [0.15, 0.2) is 12.4 Å². The third-order valence-corrected chi connectivity index (χ3v) is 3.36. The van der Waals surface area contributed by atoms with Crippen molar-refractivity contribution in [2.24, 2.45) is 0 Å². The Morgan fingerprint density at radius 3 is 2.46 bits per heavy atom. The molecule has 0 bridgehead atoms. The van der Waals surface area contributed by atoms with E-state index >= 15 is 0 Å². The number of aromatic nitrogens is 1. The highest BCUT2D eigenvalue weighted by Crippen LogP contribution is 2.28. The van der Waals surface area contributed by atoms with Crippen molar-refractivity contribution in [3.63, 3.8) is 0 Å². The Balaban J connectivity index is 1.60. The number of pyridine rings is 1. The Bertz CT molecular complexity index is 883. The van der Waals surface area contributed by atoms with Crippen LogP contribution in [0.5, 0.6) is 11.5 Å². The first-order valence-corrected chi connectivity index (χ1v) is 7.91. The third kappa shape index (κ3) is 4.67. The van der Waals surface area contributed by atoms with E-state index in [4.69, 9.17) is 9.47 Å². The highest BCUT2D eigenvalue weighted by atomic mass is 16.5. The molecule has 0 unspecified atom stereocenters. The lowest BCUT2D eigenvalue weighted by molar-refractivity contribution is -0.119. The molecule has 1 amide bonds. The first kappa shape index (κ1) is 17.2. The van der Waals surface area contributed by atoms with Gasteiger partial charge >= 0.3 is 5.97 Å². The summed E-state index contributed by atoms with van der Waals surface area (Å²) >= 11 is 0. The van der Waals surface area contributed by atoms with Gasteiger partial charge in [0.2, 0.25) is 0 Å². The number of nitrogens with one attached hydrogen (secondary N) is 1. The first-order chi connectivity index (χ1) is 12.7. The molecule has 1 N–H and O–H groups in total. The molecular weight excluding hydrogens is 332 g/mol. The molecule has 0 spiro atoms. The SMILES string of the molecule is O=C(COC(=O)c1cccnc1)Nc1ccccc1Oc1ccccc1. The van der Waals surface area contributed by atoms with Gasteiger partial charge in [-0.1, -0.05) is 30.3 Å². The molecule has 0 radical (unpaired) electrons. The van der Waals surface area contributed by atoms with Crippen LogP contribution >= 0.6 is 0 Å². The van der Waals surface area contributed by atoms with E-state index in [-0.39, 0.29) is 5.56 Å². The largest absolute Gasteiger partial charge is 0.455 e. The second-order valence-electron chi connectivity index (χ2n) is 5.28. The van der Waals surface area contributed by atoms with Crippen LogP contribution < -0.4 is 10.1 Å². The van der Waals surface area contributed by atoms with E-state index < -0.39 is 18.5 Å². The van der Waals surface area contributed by atoms with Crippen LogP contribution in [0.1, 0.15) is 10.4 Å². The van der Waals surface area contributed by atoms with E-state index in [0.717, 1.165) is 0 Å². The second kappa shape index (κ2) is 8.43. The Morgan fingerprint density at radius 2 is 1.69 bits per heavy atom. The number of amides is 1. The fourth-order valence-corrected chi connectivity index (χ4v) is 2.16. The molecule has 0 aliphatic carbocycles. The van der Waals surface area contributed by atoms with Gasteiger partial charge in [0, 0.05) is 12.4 Å². The van der Waals surface area contributed by atoms with Crippen molar-refractivity contribution in [1.82, 2.24) is 4.98 Å². The van der Waals surface area contributed by atoms with Gasteiger partial charge in [-0.05, 0) is 36.4 Å². The number of para-hydroxylation sites is 3. The number of ether oxygens (including phenoxy) is 2. The average Bonchev–Trinajstić information content (AvgIpc) is 2.69. The highest BCUT2D eigenvalue weighted by molar-refractivity contribution is 5.96. The van der Waals surface area contributed by atoms with Crippen molar-refractivity contribution < 1.29 is 19.1 Å². The van der Waals surface area contributed by atoms with Crippen molar-refractivity contribution in [1.29, 1.82) is 0 Å². The third-order valence-electron chi connectivity index (χ3n) is 3.36. The maximum absolute atomic E-state index is 12.1. The monoisotopic (exact) mass is 348 g/mol. The van der Waals surface area contributed by atoms with Gasteiger partial charge in [-0.2, -0.15) is 0 Å². The summed E-state index contributed by atoms with van der Waals surface area (Å²) in [4.78, 5) is 27.8. The van der Waals surface area contributed by atoms with Crippen molar-refractivity contribution in [3.8, 4) is 11.5 Å². The van der Waals surface area contributed by atoms with Crippen LogP contribution in [-0.4, -0.2) is 23.5 Å². The molecule has 3 aromatic rings. The Labute approximate surface area is 150 Å². The minimum Gasteiger partial charge on any atom is -0.455 e. The molecule has 0 aliphatic rings. The Hall–Kier alpha value is -3.67. The Morgan fingerprint density at radius 1 is 0.923 bits per heavy atom. The number of rotatable bonds is 6. The van der Waals surface area contributed by atoms with Gasteiger partial charge in [-0.15, -0.1) is 0 Å². The lowest BCUT2D eigenvalue weighted by Gasteiger charge is -2.12. The first-order valence-electron chi connectivity index (χ1n) is 7.91. The topological polar surface area (TPSA) is 77.5 Å². The van der Waals surface area contributed by atoms with E-state index in [9.17, 15) is 9.59 Å². The molecular formula is C20H16N2O4. The van der Waals surface area contributed by atoms with Crippen LogP contribution in [0.15, 0.2) is 79.1 Å². The van der Waals surface area contributed by atoms with E-state index in [1.54, 1.807) is 42.6 Å². The number of anilines is 1. The predicted molar refractivity (Wildman–Crippen MR) is 96.1 cm³/mol. The fraction of sp³-hybridized carbons (Fsp3) is 0.0500. The number of hydrogen-bond acceptors (Lipinski definition) is 5. The summed E-state index contributed by atoms with van der Waals surface area (Å²) < 4.78 is 10.8. The molecule has 0 saturated heterocycles. The zero-order valence-electron chi connectivity index (χ0n) is 13.8. The fourth-order valence-electron chi connectivity index (χ4n) is 2.16. The lowest BCUT2D eigenvalue weighted by Crippen LogP contribution is -2.21. The zero-order chi connectivity index (χ0) is 18.2. The minimum atomic E-state index is -0.609. The van der Waals surface area contributed by atoms with Crippen LogP contribution in [0.3, 0.4) is 0 Å². The number of esters is 1. The minimum absolute atomic E-state index is 0.285. The molecule has 2 aromatic carbocycles. The number of carbonyl (C=O) groups excluding carboxylic acids is 2. The molecule has 1 aromatic heterocycles. The quantitative estimate of drug-likeness (QED) is 0.688. The van der Waals surface area contributed by atoms with Gasteiger partial charge in [-0.25, -0.2) is 4.79 Å². The standard InChI is InChI=1S/C20H16N2O4/c23-19(14-25-20(24)15-7-6-12-21-13-15)22-17-10-4-5-11-18(17)26-16-8-2-1-3-9-16/h1-13H,14H2,(H,22,23). The molecule has 0 atom stereocenters. The van der Waals surface area contributed by atoms with E-state index in [1.165, 1.54) is 6.20 Å². The van der Waals surface area contributed by atoms with Gasteiger partial charge in [0.1, 0.15) is 5.75 Å². The molecule has 0 aliphatic heterocycles. The molecule has 6 heteroatoms. The smallest absolute Gasteiger partial charge is 0.340 e.